The van der Waals surface area contributed by atoms with Gasteiger partial charge in [0.25, 0.3) is 0 Å². The number of rotatable bonds is 7. The van der Waals surface area contributed by atoms with E-state index in [1.807, 2.05) is 42.7 Å². The van der Waals surface area contributed by atoms with Crippen LogP contribution < -0.4 is 5.19 Å². The van der Waals surface area contributed by atoms with Crippen LogP contribution in [0.25, 0.3) is 77.6 Å². The molecular formula is C60H59IrN3OSi. The summed E-state index contributed by atoms with van der Waals surface area (Å²) in [6.07, 6.45) is 6.99. The van der Waals surface area contributed by atoms with Gasteiger partial charge in [-0.1, -0.05) is 161 Å². The number of benzene rings is 6. The molecule has 0 N–H and O–H groups in total. The first-order valence-corrected chi connectivity index (χ1v) is 26.3. The van der Waals surface area contributed by atoms with Crippen molar-refractivity contribution in [1.29, 1.82) is 0 Å². The molecule has 10 rings (SSSR count). The molecule has 0 unspecified atom stereocenters. The molecule has 4 heterocycles. The van der Waals surface area contributed by atoms with E-state index in [2.05, 4.69) is 200 Å². The number of para-hydroxylation sites is 1. The minimum absolute atomic E-state index is 0. The first-order valence-electron chi connectivity index (χ1n) is 22.8. The summed E-state index contributed by atoms with van der Waals surface area (Å²) in [7, 11) is -1.33. The maximum atomic E-state index is 6.48. The third-order valence-corrected chi connectivity index (χ3v) is 14.1. The molecule has 6 aromatic carbocycles. The number of nitrogens with zero attached hydrogens (tertiary/aromatic N) is 3. The van der Waals surface area contributed by atoms with Gasteiger partial charge >= 0.3 is 0 Å². The van der Waals surface area contributed by atoms with Gasteiger partial charge in [0.15, 0.2) is 0 Å². The second-order valence-corrected chi connectivity index (χ2v) is 23.4. The Morgan fingerprint density at radius 3 is 1.80 bits per heavy atom. The van der Waals surface area contributed by atoms with Gasteiger partial charge in [-0.3, -0.25) is 15.0 Å². The summed E-state index contributed by atoms with van der Waals surface area (Å²) in [4.78, 5) is 13.8. The number of furan rings is 1. The maximum Gasteiger partial charge on any atom is 0.144 e. The average Bonchev–Trinajstić information content (AvgIpc) is 3.70. The van der Waals surface area contributed by atoms with Crippen molar-refractivity contribution in [3.8, 4) is 44.9 Å². The Morgan fingerprint density at radius 2 is 1.17 bits per heavy atom. The predicted molar refractivity (Wildman–Crippen MR) is 280 cm³/mol. The minimum atomic E-state index is -1.33. The Hall–Kier alpha value is -6.30. The molecule has 0 bridgehead atoms. The number of hydrogen-bond acceptors (Lipinski definition) is 4. The van der Waals surface area contributed by atoms with Gasteiger partial charge in [0.2, 0.25) is 0 Å². The van der Waals surface area contributed by atoms with Crippen molar-refractivity contribution in [3.63, 3.8) is 0 Å². The van der Waals surface area contributed by atoms with E-state index in [-0.39, 0.29) is 20.1 Å². The molecule has 10 aromatic rings. The Kier molecular flexibility index (Phi) is 15.1. The number of aryl methyl sites for hydroxylation is 4. The Morgan fingerprint density at radius 1 is 0.545 bits per heavy atom. The van der Waals surface area contributed by atoms with E-state index < -0.39 is 8.07 Å². The Balaban J connectivity index is 0.000000162. The molecule has 0 spiro atoms. The molecule has 0 aliphatic heterocycles. The van der Waals surface area contributed by atoms with Crippen LogP contribution in [0.5, 0.6) is 0 Å². The van der Waals surface area contributed by atoms with Crippen LogP contribution in [0.4, 0.5) is 0 Å². The summed E-state index contributed by atoms with van der Waals surface area (Å²) >= 11 is 0. The van der Waals surface area contributed by atoms with Crippen molar-refractivity contribution >= 4 is 46.0 Å². The van der Waals surface area contributed by atoms with Gasteiger partial charge in [-0.25, -0.2) is 0 Å². The van der Waals surface area contributed by atoms with E-state index in [1.165, 1.54) is 60.6 Å². The molecule has 4 aromatic heterocycles. The number of fused-ring (bicyclic) bond motifs is 4. The average molecular weight is 1060 g/mol. The van der Waals surface area contributed by atoms with E-state index in [4.69, 9.17) is 14.4 Å². The molecule has 6 heteroatoms. The van der Waals surface area contributed by atoms with Crippen molar-refractivity contribution in [1.82, 2.24) is 15.0 Å². The topological polar surface area (TPSA) is 51.8 Å². The molecule has 0 amide bonds. The maximum absolute atomic E-state index is 6.48. The SMILES string of the molecule is CC(C)c1cc(-c2ccccc2)ncc1[Si](C)(C)C.CCc1ccnc(-c2ccccc2)c1.Cc1cc(C)c(-c2ccc3c(c2)oc2c(-c4cc5ccccc5cn4)cccc23)c(C)c1.[Ir]. The zero-order chi connectivity index (χ0) is 45.7. The first kappa shape index (κ1) is 47.7. The molecule has 333 valence electrons. The van der Waals surface area contributed by atoms with Crippen molar-refractivity contribution in [3.05, 3.63) is 204 Å². The Labute approximate surface area is 405 Å². The second-order valence-electron chi connectivity index (χ2n) is 18.4. The van der Waals surface area contributed by atoms with Crippen LogP contribution in [-0.4, -0.2) is 23.0 Å². The zero-order valence-corrected chi connectivity index (χ0v) is 43.0. The summed E-state index contributed by atoms with van der Waals surface area (Å²) in [5.41, 5.74) is 17.4. The molecule has 66 heavy (non-hydrogen) atoms. The molecule has 1 radical (unpaired) electrons. The number of pyridine rings is 3. The normalized spacial score (nSPS) is 11.2. The molecule has 0 atom stereocenters. The quantitative estimate of drug-likeness (QED) is 0.149. The van der Waals surface area contributed by atoms with Gasteiger partial charge in [0, 0.05) is 71.5 Å². The van der Waals surface area contributed by atoms with Crippen LogP contribution in [0.1, 0.15) is 54.5 Å². The fourth-order valence-electron chi connectivity index (χ4n) is 8.82. The van der Waals surface area contributed by atoms with Crippen molar-refractivity contribution in [2.75, 3.05) is 0 Å². The van der Waals surface area contributed by atoms with Gasteiger partial charge in [-0.15, -0.1) is 0 Å². The predicted octanol–water partition coefficient (Wildman–Crippen LogP) is 16.1. The smallest absolute Gasteiger partial charge is 0.144 e. The van der Waals surface area contributed by atoms with Crippen molar-refractivity contribution < 1.29 is 24.5 Å². The third kappa shape index (κ3) is 10.7. The standard InChI is InChI=1S/C30H23NO.C17H23NSi.C13H13N.Ir/c1-18-13-19(2)29(20(3)14-18)22-11-12-24-25-9-6-10-26(30(25)32-28(24)16-22)27-15-21-7-4-5-8-23(21)17-31-27;1-13(2)15-11-16(14-9-7-6-8-10-14)18-12-17(15)19(3,4)5;1-2-11-8-9-14-13(10-11)12-6-4-3-5-7-12;/h4-17H,1-3H3;6-13H,1-5H3;3-10H,2H2,1H3;. The van der Waals surface area contributed by atoms with Crippen LogP contribution >= 0.6 is 0 Å². The largest absolute Gasteiger partial charge is 0.455 e. The summed E-state index contributed by atoms with van der Waals surface area (Å²) in [5.74, 6) is 0.548. The van der Waals surface area contributed by atoms with E-state index in [1.54, 1.807) is 0 Å². The van der Waals surface area contributed by atoms with Crippen molar-refractivity contribution in [2.24, 2.45) is 0 Å². The minimum Gasteiger partial charge on any atom is -0.455 e. The van der Waals surface area contributed by atoms with E-state index in [0.29, 0.717) is 5.92 Å². The van der Waals surface area contributed by atoms with Gasteiger partial charge in [0.1, 0.15) is 11.2 Å². The first-order chi connectivity index (χ1) is 31.4. The molecule has 4 nitrogen and oxygen atoms in total. The summed E-state index contributed by atoms with van der Waals surface area (Å²) in [5, 5.41) is 6.06. The molecule has 0 fully saturated rings. The fraction of sp³-hybridized carbons (Fsp3) is 0.183. The summed E-state index contributed by atoms with van der Waals surface area (Å²) in [6, 6.07) is 55.0. The summed E-state index contributed by atoms with van der Waals surface area (Å²) in [6.45, 7) is 20.4. The van der Waals surface area contributed by atoms with Crippen LogP contribution in [-0.2, 0) is 26.5 Å². The molecule has 0 aliphatic rings. The molecule has 0 aliphatic carbocycles. The monoisotopic (exact) mass is 1060 g/mol. The van der Waals surface area contributed by atoms with Crippen molar-refractivity contribution in [2.45, 2.75) is 73.5 Å². The fourth-order valence-corrected chi connectivity index (χ4v) is 10.5. The summed E-state index contributed by atoms with van der Waals surface area (Å²) < 4.78 is 6.48. The van der Waals surface area contributed by atoms with E-state index in [0.717, 1.165) is 56.4 Å². The van der Waals surface area contributed by atoms with Crippen LogP contribution in [0.3, 0.4) is 0 Å². The van der Waals surface area contributed by atoms with Gasteiger partial charge < -0.3 is 4.42 Å². The van der Waals surface area contributed by atoms with Gasteiger partial charge in [-0.2, -0.15) is 0 Å². The number of hydrogen-bond donors (Lipinski definition) is 0. The molecule has 0 saturated heterocycles. The third-order valence-electron chi connectivity index (χ3n) is 12.1. The van der Waals surface area contributed by atoms with E-state index in [9.17, 15) is 0 Å². The molecular weight excluding hydrogens is 999 g/mol. The van der Waals surface area contributed by atoms with E-state index >= 15 is 0 Å². The number of aromatic nitrogens is 3. The molecule has 0 saturated carbocycles. The van der Waals surface area contributed by atoms with Crippen LogP contribution in [0.15, 0.2) is 181 Å². The Bertz CT molecular complexity index is 3220. The van der Waals surface area contributed by atoms with Gasteiger partial charge in [0.05, 0.1) is 25.2 Å². The van der Waals surface area contributed by atoms with Crippen LogP contribution in [0.2, 0.25) is 19.6 Å². The second kappa shape index (κ2) is 20.9. The van der Waals surface area contributed by atoms with Crippen LogP contribution in [0, 0.1) is 20.8 Å². The van der Waals surface area contributed by atoms with Gasteiger partial charge in [-0.05, 0) is 120 Å². The zero-order valence-electron chi connectivity index (χ0n) is 39.6.